The first-order valence-electron chi connectivity index (χ1n) is 13.4. The third-order valence-electron chi connectivity index (χ3n) is 7.92. The van der Waals surface area contributed by atoms with Gasteiger partial charge in [-0.15, -0.1) is 0 Å². The lowest BCUT2D eigenvalue weighted by Crippen LogP contribution is -2.50. The Morgan fingerprint density at radius 1 is 1.10 bits per heavy atom. The monoisotopic (exact) mass is 571 g/mol. The third kappa shape index (κ3) is 4.48. The van der Waals surface area contributed by atoms with Crippen LogP contribution < -0.4 is 16.4 Å². The Morgan fingerprint density at radius 2 is 1.85 bits per heavy atom. The van der Waals surface area contributed by atoms with E-state index in [2.05, 4.69) is 16.4 Å². The van der Waals surface area contributed by atoms with E-state index in [0.717, 1.165) is 38.8 Å². The fourth-order valence-electron chi connectivity index (χ4n) is 5.72. The van der Waals surface area contributed by atoms with Gasteiger partial charge in [-0.05, 0) is 49.2 Å². The molecule has 0 radical (unpaired) electrons. The van der Waals surface area contributed by atoms with Crippen LogP contribution in [0.15, 0.2) is 58.4 Å². The molecule has 0 bridgehead atoms. The average Bonchev–Trinajstić information content (AvgIpc) is 3.32. The molecule has 5 heterocycles. The fourth-order valence-corrected chi connectivity index (χ4v) is 5.87. The molecule has 1 atom stereocenters. The molecule has 1 aromatic carbocycles. The first kappa shape index (κ1) is 26.8. The summed E-state index contributed by atoms with van der Waals surface area (Å²) in [7, 11) is 3.46. The van der Waals surface area contributed by atoms with Gasteiger partial charge in [0.2, 0.25) is 11.5 Å². The number of rotatable bonds is 5. The summed E-state index contributed by atoms with van der Waals surface area (Å²) < 4.78 is 5.03. The predicted molar refractivity (Wildman–Crippen MR) is 160 cm³/mol. The van der Waals surface area contributed by atoms with E-state index in [1.807, 2.05) is 36.9 Å². The minimum absolute atomic E-state index is 0.00781. The fraction of sp³-hybridized carbons (Fsp3) is 0.300. The van der Waals surface area contributed by atoms with Crippen LogP contribution in [0, 0.1) is 6.92 Å². The number of fused-ring (bicyclic) bond motifs is 3. The zero-order valence-electron chi connectivity index (χ0n) is 23.5. The van der Waals surface area contributed by atoms with E-state index in [0.29, 0.717) is 29.3 Å². The van der Waals surface area contributed by atoms with Crippen molar-refractivity contribution in [3.05, 3.63) is 85.8 Å². The summed E-state index contributed by atoms with van der Waals surface area (Å²) in [6, 6.07) is 10.6. The molecule has 5 aromatic rings. The Balaban J connectivity index is 1.48. The lowest BCUT2D eigenvalue weighted by atomic mass is 9.95. The van der Waals surface area contributed by atoms with E-state index >= 15 is 0 Å². The standard InChI is InChI=1S/C30H30ClN7O3/c1-16-10-21(17(2)33-24-7-8-25(31)34-28(24)19-6-9-26(40)35(4)13-19)27-22(11-16)30(41)36(5)29-23(27)12-32-38(29)20-14-37(15-20)18(3)39/h6-13,17,20,33H,14-15H2,1-5H3. The number of aromatic nitrogens is 5. The average molecular weight is 572 g/mol. The van der Waals surface area contributed by atoms with Crippen LogP contribution in [0.3, 0.4) is 0 Å². The number of anilines is 1. The molecule has 0 spiro atoms. The van der Waals surface area contributed by atoms with Crippen LogP contribution in [-0.4, -0.2) is 47.8 Å². The molecule has 1 unspecified atom stereocenters. The molecule has 1 aliphatic rings. The van der Waals surface area contributed by atoms with Crippen molar-refractivity contribution in [1.29, 1.82) is 0 Å². The van der Waals surface area contributed by atoms with Crippen LogP contribution in [0.4, 0.5) is 5.69 Å². The van der Waals surface area contributed by atoms with Crippen molar-refractivity contribution in [1.82, 2.24) is 28.8 Å². The van der Waals surface area contributed by atoms with Gasteiger partial charge in [0.05, 0.1) is 23.6 Å². The van der Waals surface area contributed by atoms with Crippen molar-refractivity contribution in [3.8, 4) is 11.3 Å². The Morgan fingerprint density at radius 3 is 2.56 bits per heavy atom. The van der Waals surface area contributed by atoms with E-state index in [1.54, 1.807) is 48.8 Å². The zero-order chi connectivity index (χ0) is 29.2. The number of likely N-dealkylation sites (tertiary alicyclic amines) is 1. The highest BCUT2D eigenvalue weighted by Gasteiger charge is 2.33. The van der Waals surface area contributed by atoms with Crippen LogP contribution >= 0.6 is 11.6 Å². The summed E-state index contributed by atoms with van der Waals surface area (Å²) in [5.41, 5.74) is 4.52. The van der Waals surface area contributed by atoms with Gasteiger partial charge in [-0.3, -0.25) is 19.0 Å². The summed E-state index contributed by atoms with van der Waals surface area (Å²) in [6.07, 6.45) is 3.55. The second-order valence-electron chi connectivity index (χ2n) is 10.8. The van der Waals surface area contributed by atoms with Gasteiger partial charge in [0.25, 0.3) is 5.56 Å². The minimum Gasteiger partial charge on any atom is -0.377 e. The van der Waals surface area contributed by atoms with Gasteiger partial charge in [0.15, 0.2) is 0 Å². The van der Waals surface area contributed by atoms with Crippen LogP contribution in [0.25, 0.3) is 33.1 Å². The van der Waals surface area contributed by atoms with Crippen molar-refractivity contribution in [3.63, 3.8) is 0 Å². The van der Waals surface area contributed by atoms with Gasteiger partial charge in [0, 0.05) is 74.1 Å². The summed E-state index contributed by atoms with van der Waals surface area (Å²) in [5.74, 6) is 0.0310. The summed E-state index contributed by atoms with van der Waals surface area (Å²) >= 11 is 6.28. The van der Waals surface area contributed by atoms with E-state index in [-0.39, 0.29) is 29.1 Å². The molecule has 41 heavy (non-hydrogen) atoms. The molecule has 1 N–H and O–H groups in total. The normalized spacial score (nSPS) is 14.4. The number of halogens is 1. The highest BCUT2D eigenvalue weighted by Crippen LogP contribution is 2.36. The first-order valence-corrected chi connectivity index (χ1v) is 13.8. The summed E-state index contributed by atoms with van der Waals surface area (Å²) in [6.45, 7) is 6.71. The predicted octanol–water partition coefficient (Wildman–Crippen LogP) is 4.19. The molecule has 1 aliphatic heterocycles. The molecule has 1 saturated heterocycles. The molecular weight excluding hydrogens is 542 g/mol. The topological polar surface area (TPSA) is 107 Å². The molecule has 210 valence electrons. The van der Waals surface area contributed by atoms with Gasteiger partial charge >= 0.3 is 0 Å². The maximum atomic E-state index is 13.7. The largest absolute Gasteiger partial charge is 0.377 e. The second-order valence-corrected chi connectivity index (χ2v) is 11.2. The second kappa shape index (κ2) is 9.88. The van der Waals surface area contributed by atoms with Crippen molar-refractivity contribution >= 4 is 45.0 Å². The van der Waals surface area contributed by atoms with Crippen LogP contribution in [0.5, 0.6) is 0 Å². The number of hydrogen-bond acceptors (Lipinski definition) is 6. The molecule has 0 aliphatic carbocycles. The SMILES string of the molecule is CC(=O)N1CC(n2ncc3c4c(C(C)Nc5ccc(Cl)nc5-c5ccc(=O)n(C)c5)cc(C)cc4c(=O)n(C)c32)C1. The highest BCUT2D eigenvalue weighted by molar-refractivity contribution is 6.29. The van der Waals surface area contributed by atoms with Crippen molar-refractivity contribution in [2.24, 2.45) is 14.1 Å². The quantitative estimate of drug-likeness (QED) is 0.317. The number of nitrogens with one attached hydrogen (secondary N) is 1. The molecule has 1 fully saturated rings. The Hall–Kier alpha value is -4.44. The number of pyridine rings is 3. The zero-order valence-corrected chi connectivity index (χ0v) is 24.2. The van der Waals surface area contributed by atoms with Gasteiger partial charge in [-0.1, -0.05) is 17.7 Å². The van der Waals surface area contributed by atoms with E-state index in [1.165, 1.54) is 10.6 Å². The number of nitrogens with zero attached hydrogens (tertiary/aromatic N) is 6. The molecule has 11 heteroatoms. The summed E-state index contributed by atoms with van der Waals surface area (Å²) in [5, 5.41) is 11.0. The Kier molecular flexibility index (Phi) is 6.45. The van der Waals surface area contributed by atoms with Crippen LogP contribution in [0.1, 0.15) is 37.1 Å². The molecule has 6 rings (SSSR count). The van der Waals surface area contributed by atoms with E-state index in [9.17, 15) is 14.4 Å². The van der Waals surface area contributed by atoms with Gasteiger partial charge < -0.3 is 14.8 Å². The van der Waals surface area contributed by atoms with E-state index < -0.39 is 0 Å². The van der Waals surface area contributed by atoms with Crippen LogP contribution in [0.2, 0.25) is 5.15 Å². The maximum absolute atomic E-state index is 13.7. The number of carbonyl (C=O) groups is 1. The number of hydrogen-bond donors (Lipinski definition) is 1. The van der Waals surface area contributed by atoms with Crippen molar-refractivity contribution in [2.75, 3.05) is 18.4 Å². The first-order chi connectivity index (χ1) is 19.5. The van der Waals surface area contributed by atoms with Gasteiger partial charge in [0.1, 0.15) is 10.8 Å². The van der Waals surface area contributed by atoms with E-state index in [4.69, 9.17) is 16.7 Å². The number of benzene rings is 1. The van der Waals surface area contributed by atoms with Gasteiger partial charge in [-0.25, -0.2) is 9.67 Å². The van der Waals surface area contributed by atoms with Crippen LogP contribution in [-0.2, 0) is 18.9 Å². The molecule has 1 amide bonds. The number of amides is 1. The number of aryl methyl sites for hydroxylation is 3. The minimum atomic E-state index is -0.234. The molecule has 0 saturated carbocycles. The van der Waals surface area contributed by atoms with Crippen molar-refractivity contribution in [2.45, 2.75) is 32.9 Å². The lowest BCUT2D eigenvalue weighted by molar-refractivity contribution is -0.134. The molecule has 10 nitrogen and oxygen atoms in total. The lowest BCUT2D eigenvalue weighted by Gasteiger charge is -2.38. The van der Waals surface area contributed by atoms with Gasteiger partial charge in [-0.2, -0.15) is 5.10 Å². The summed E-state index contributed by atoms with van der Waals surface area (Å²) in [4.78, 5) is 43.8. The van der Waals surface area contributed by atoms with Crippen molar-refractivity contribution < 1.29 is 4.79 Å². The third-order valence-corrected chi connectivity index (χ3v) is 8.13. The molecular formula is C30H30ClN7O3. The number of carbonyl (C=O) groups excluding carboxylic acids is 1. The molecule has 4 aromatic heterocycles. The highest BCUT2D eigenvalue weighted by atomic mass is 35.5. The maximum Gasteiger partial charge on any atom is 0.259 e. The Bertz CT molecular complexity index is 1980. The smallest absolute Gasteiger partial charge is 0.259 e. The Labute approximate surface area is 240 Å².